The maximum absolute atomic E-state index is 9.58. The van der Waals surface area contributed by atoms with Crippen molar-refractivity contribution in [2.75, 3.05) is 14.7 Å². The van der Waals surface area contributed by atoms with Crippen LogP contribution in [0.3, 0.4) is 0 Å². The zero-order chi connectivity index (χ0) is 39.4. The van der Waals surface area contributed by atoms with E-state index < -0.39 is 0 Å². The minimum atomic E-state index is 0.209. The monoisotopic (exact) mass is 749 g/mol. The van der Waals surface area contributed by atoms with Crippen molar-refractivity contribution >= 4 is 69.9 Å². The molecular weight excluding hydrogens is 723 g/mol. The van der Waals surface area contributed by atoms with Crippen molar-refractivity contribution in [3.8, 4) is 18.2 Å². The summed E-state index contributed by atoms with van der Waals surface area (Å²) >= 11 is 0. The first-order valence-corrected chi connectivity index (χ1v) is 18.0. The molecule has 0 saturated heterocycles. The molecule has 0 fully saturated rings. The number of guanidine groups is 6. The highest BCUT2D eigenvalue weighted by atomic mass is 15.6. The zero-order valence-electron chi connectivity index (χ0n) is 30.4. The molecular formula is C45H27N13. The molecule has 3 aliphatic rings. The molecule has 6 aromatic rings. The topological polar surface area (TPSA) is 158 Å². The van der Waals surface area contributed by atoms with Crippen molar-refractivity contribution in [2.24, 2.45) is 30.0 Å². The van der Waals surface area contributed by atoms with Gasteiger partial charge in [0.2, 0.25) is 35.8 Å². The maximum atomic E-state index is 9.58. The number of hydrogen-bond donors (Lipinski definition) is 0. The van der Waals surface area contributed by atoms with Gasteiger partial charge >= 0.3 is 0 Å². The van der Waals surface area contributed by atoms with Crippen LogP contribution in [0, 0.1) is 34.0 Å². The molecule has 0 N–H and O–H groups in total. The number of para-hydroxylation sites is 3. The van der Waals surface area contributed by atoms with Gasteiger partial charge in [-0.15, -0.1) is 0 Å². The molecule has 3 aliphatic heterocycles. The molecule has 0 radical (unpaired) electrons. The third kappa shape index (κ3) is 6.58. The lowest BCUT2D eigenvalue weighted by Gasteiger charge is -2.36. The van der Waals surface area contributed by atoms with Crippen LogP contribution >= 0.6 is 0 Å². The smallest absolute Gasteiger partial charge is 0.246 e. The number of nitrogens with zero attached hydrogens (tertiary/aromatic N) is 13. The minimum Gasteiger partial charge on any atom is -0.279 e. The Labute approximate surface area is 333 Å². The van der Waals surface area contributed by atoms with Gasteiger partial charge in [-0.25, -0.2) is 4.90 Å². The lowest BCUT2D eigenvalue weighted by molar-refractivity contribution is 0.821. The minimum absolute atomic E-state index is 0.209. The standard InChI is InChI=1S/C45H27N13/c46-28-31-16-22-37(23-17-31)55(34-10-4-1-5-11-34)40-49-43-51-41(56(35-12-6-2-7-13-35)38-24-18-32(29-47)19-25-38)53-45-54-42(52-44(50-40)58(43)45)57(36-14-8-3-9-15-36)39-26-20-33(30-48)21-27-39/h1-27H. The van der Waals surface area contributed by atoms with Crippen LogP contribution in [0.5, 0.6) is 0 Å². The van der Waals surface area contributed by atoms with Gasteiger partial charge in [0.1, 0.15) is 0 Å². The lowest BCUT2D eigenvalue weighted by atomic mass is 10.2. The van der Waals surface area contributed by atoms with Gasteiger partial charge in [0.25, 0.3) is 0 Å². The molecule has 3 heterocycles. The molecule has 9 rings (SSSR count). The fraction of sp³-hybridized carbons (Fsp3) is 0. The van der Waals surface area contributed by atoms with Gasteiger partial charge in [-0.1, -0.05) is 54.6 Å². The van der Waals surface area contributed by atoms with Crippen molar-refractivity contribution in [3.05, 3.63) is 180 Å². The van der Waals surface area contributed by atoms with Crippen LogP contribution in [0.1, 0.15) is 16.7 Å². The van der Waals surface area contributed by atoms with Crippen molar-refractivity contribution in [3.63, 3.8) is 0 Å². The second-order valence-corrected chi connectivity index (χ2v) is 12.8. The molecule has 13 heteroatoms. The summed E-state index contributed by atoms with van der Waals surface area (Å²) in [5.74, 6) is 1.38. The van der Waals surface area contributed by atoms with Gasteiger partial charge in [-0.3, -0.25) is 14.7 Å². The van der Waals surface area contributed by atoms with Crippen LogP contribution < -0.4 is 14.7 Å². The number of hydrogen-bond acceptors (Lipinski definition) is 13. The largest absolute Gasteiger partial charge is 0.279 e. The Hall–Kier alpha value is -8.99. The fourth-order valence-electron chi connectivity index (χ4n) is 6.48. The molecule has 0 aromatic heterocycles. The third-order valence-electron chi connectivity index (χ3n) is 9.21. The van der Waals surface area contributed by atoms with Gasteiger partial charge in [-0.05, 0) is 109 Å². The molecule has 0 saturated carbocycles. The summed E-state index contributed by atoms with van der Waals surface area (Å²) in [7, 11) is 0. The van der Waals surface area contributed by atoms with Crippen LogP contribution in [-0.2, 0) is 0 Å². The molecule has 0 bridgehead atoms. The Bertz CT molecular complexity index is 2530. The molecule has 6 aromatic carbocycles. The number of benzene rings is 6. The summed E-state index contributed by atoms with van der Waals surface area (Å²) in [5.41, 5.74) is 5.90. The second kappa shape index (κ2) is 15.0. The zero-order valence-corrected chi connectivity index (χ0v) is 30.4. The summed E-state index contributed by atoms with van der Waals surface area (Å²) in [6.07, 6.45) is 0. The molecule has 272 valence electrons. The predicted octanol–water partition coefficient (Wildman–Crippen LogP) is 8.60. The van der Waals surface area contributed by atoms with Gasteiger partial charge in [0, 0.05) is 34.1 Å². The Morgan fingerprint density at radius 1 is 0.310 bits per heavy atom. The second-order valence-electron chi connectivity index (χ2n) is 12.8. The molecule has 0 unspecified atom stereocenters. The molecule has 0 atom stereocenters. The van der Waals surface area contributed by atoms with E-state index in [9.17, 15) is 15.8 Å². The van der Waals surface area contributed by atoms with Crippen molar-refractivity contribution < 1.29 is 0 Å². The molecule has 13 nitrogen and oxygen atoms in total. The highest BCUT2D eigenvalue weighted by Gasteiger charge is 2.39. The Balaban J connectivity index is 1.28. The van der Waals surface area contributed by atoms with Crippen LogP contribution in [0.2, 0.25) is 0 Å². The Morgan fingerprint density at radius 3 is 0.793 bits per heavy atom. The number of anilines is 6. The fourth-order valence-corrected chi connectivity index (χ4v) is 6.48. The van der Waals surface area contributed by atoms with E-state index in [1.807, 2.05) is 142 Å². The van der Waals surface area contributed by atoms with Crippen LogP contribution in [-0.4, -0.2) is 40.7 Å². The van der Waals surface area contributed by atoms with Crippen LogP contribution in [0.25, 0.3) is 0 Å². The third-order valence-corrected chi connectivity index (χ3v) is 9.21. The summed E-state index contributed by atoms with van der Waals surface area (Å²) in [6, 6.07) is 57.0. The van der Waals surface area contributed by atoms with Crippen molar-refractivity contribution in [2.45, 2.75) is 0 Å². The summed E-state index contributed by atoms with van der Waals surface area (Å²) < 4.78 is 0. The van der Waals surface area contributed by atoms with Gasteiger partial charge in [0.15, 0.2) is 0 Å². The van der Waals surface area contributed by atoms with E-state index in [2.05, 4.69) is 18.2 Å². The average Bonchev–Trinajstić information content (AvgIpc) is 3.28. The van der Waals surface area contributed by atoms with E-state index in [4.69, 9.17) is 30.0 Å². The molecule has 58 heavy (non-hydrogen) atoms. The number of nitriles is 3. The average molecular weight is 750 g/mol. The van der Waals surface area contributed by atoms with Gasteiger partial charge < -0.3 is 0 Å². The summed E-state index contributed by atoms with van der Waals surface area (Å²) in [6.45, 7) is 0. The lowest BCUT2D eigenvalue weighted by Crippen LogP contribution is -2.51. The van der Waals surface area contributed by atoms with E-state index in [1.54, 1.807) is 41.3 Å². The Kier molecular flexibility index (Phi) is 9.01. The summed E-state index contributed by atoms with van der Waals surface area (Å²) in [4.78, 5) is 37.5. The first-order chi connectivity index (χ1) is 28.6. The van der Waals surface area contributed by atoms with Gasteiger partial charge in [-0.2, -0.15) is 45.7 Å². The highest BCUT2D eigenvalue weighted by molar-refractivity contribution is 6.34. The van der Waals surface area contributed by atoms with E-state index >= 15 is 0 Å². The highest BCUT2D eigenvalue weighted by Crippen LogP contribution is 2.34. The maximum Gasteiger partial charge on any atom is 0.246 e. The quantitative estimate of drug-likeness (QED) is 0.165. The van der Waals surface area contributed by atoms with Crippen molar-refractivity contribution in [1.82, 2.24) is 4.90 Å². The molecule has 0 amide bonds. The summed E-state index contributed by atoms with van der Waals surface area (Å²) in [5, 5.41) is 28.7. The number of aliphatic imine (C=N–C) groups is 6. The molecule has 0 aliphatic carbocycles. The van der Waals surface area contributed by atoms with Crippen LogP contribution in [0.4, 0.5) is 34.1 Å². The van der Waals surface area contributed by atoms with Crippen LogP contribution in [0.15, 0.2) is 194 Å². The molecule has 0 spiro atoms. The normalized spacial score (nSPS) is 13.7. The number of rotatable bonds is 6. The Morgan fingerprint density at radius 2 is 0.552 bits per heavy atom. The van der Waals surface area contributed by atoms with E-state index in [0.29, 0.717) is 33.8 Å². The first-order valence-electron chi connectivity index (χ1n) is 18.0. The predicted molar refractivity (Wildman–Crippen MR) is 226 cm³/mol. The van der Waals surface area contributed by atoms with E-state index in [-0.39, 0.29) is 35.8 Å². The SMILES string of the molecule is N#Cc1ccc(N(C2=NC3=NC(N(c4ccccc4)c4ccc(C#N)cc4)=NC4=NC(N(c5ccccc5)c5ccc(C#N)cc5)=NC(=N2)N34)c2ccccc2)cc1. The van der Waals surface area contributed by atoms with E-state index in [1.165, 1.54) is 0 Å². The van der Waals surface area contributed by atoms with E-state index in [0.717, 1.165) is 17.1 Å². The van der Waals surface area contributed by atoms with Gasteiger partial charge in [0.05, 0.1) is 34.9 Å². The first kappa shape index (κ1) is 34.8. The van der Waals surface area contributed by atoms with Crippen molar-refractivity contribution in [1.29, 1.82) is 15.8 Å².